The Morgan fingerprint density at radius 1 is 1.13 bits per heavy atom. The van der Waals surface area contributed by atoms with Gasteiger partial charge in [-0.25, -0.2) is 9.48 Å². The van der Waals surface area contributed by atoms with Crippen molar-refractivity contribution in [3.8, 4) is 5.69 Å². The zero-order chi connectivity index (χ0) is 20.9. The summed E-state index contributed by atoms with van der Waals surface area (Å²) >= 11 is 0. The molecule has 1 aromatic heterocycles. The van der Waals surface area contributed by atoms with Crippen LogP contribution >= 0.6 is 0 Å². The number of aromatic nitrogens is 2. The molecular formula is C24H31N3O3. The Bertz CT molecular complexity index is 885. The van der Waals surface area contributed by atoms with Crippen LogP contribution in [0.15, 0.2) is 30.3 Å². The number of carbonyl (C=O) groups is 2. The third-order valence-electron chi connectivity index (χ3n) is 6.37. The van der Waals surface area contributed by atoms with Crippen molar-refractivity contribution in [1.82, 2.24) is 14.7 Å². The first-order chi connectivity index (χ1) is 14.7. The number of benzene rings is 1. The topological polar surface area (TPSA) is 64.4 Å². The van der Waals surface area contributed by atoms with Gasteiger partial charge in [-0.2, -0.15) is 5.10 Å². The molecule has 1 amide bonds. The lowest BCUT2D eigenvalue weighted by molar-refractivity contribution is -0.132. The molecule has 1 aromatic carbocycles. The summed E-state index contributed by atoms with van der Waals surface area (Å²) in [5.41, 5.74) is 3.08. The molecule has 0 N–H and O–H groups in total. The van der Waals surface area contributed by atoms with E-state index in [0.29, 0.717) is 44.1 Å². The van der Waals surface area contributed by atoms with Gasteiger partial charge in [0, 0.05) is 31.5 Å². The van der Waals surface area contributed by atoms with Crippen LogP contribution in [0.5, 0.6) is 0 Å². The number of hydrogen-bond donors (Lipinski definition) is 0. The fourth-order valence-corrected chi connectivity index (χ4v) is 4.74. The first kappa shape index (κ1) is 20.6. The summed E-state index contributed by atoms with van der Waals surface area (Å²) in [6, 6.07) is 9.82. The maximum atomic E-state index is 12.9. The van der Waals surface area contributed by atoms with E-state index in [1.165, 1.54) is 32.1 Å². The van der Waals surface area contributed by atoms with E-state index in [1.807, 2.05) is 39.9 Å². The second-order valence-electron chi connectivity index (χ2n) is 8.35. The maximum absolute atomic E-state index is 12.9. The molecule has 4 rings (SSSR count). The Morgan fingerprint density at radius 2 is 1.90 bits per heavy atom. The highest BCUT2D eigenvalue weighted by Crippen LogP contribution is 2.29. The van der Waals surface area contributed by atoms with E-state index in [0.717, 1.165) is 23.4 Å². The molecule has 30 heavy (non-hydrogen) atoms. The number of nitrogens with zero attached hydrogens (tertiary/aromatic N) is 3. The van der Waals surface area contributed by atoms with Gasteiger partial charge in [0.2, 0.25) is 5.91 Å². The minimum absolute atomic E-state index is 0.188. The summed E-state index contributed by atoms with van der Waals surface area (Å²) < 4.78 is 7.09. The molecule has 0 spiro atoms. The number of esters is 1. The minimum Gasteiger partial charge on any atom is -0.461 e. The van der Waals surface area contributed by atoms with Gasteiger partial charge in [0.25, 0.3) is 0 Å². The average molecular weight is 410 g/mol. The molecule has 2 heterocycles. The molecule has 0 radical (unpaired) electrons. The minimum atomic E-state index is -0.417. The molecule has 0 unspecified atom stereocenters. The lowest BCUT2D eigenvalue weighted by Crippen LogP contribution is -2.37. The predicted molar refractivity (Wildman–Crippen MR) is 114 cm³/mol. The lowest BCUT2D eigenvalue weighted by atomic mass is 9.86. The number of para-hydroxylation sites is 1. The van der Waals surface area contributed by atoms with E-state index in [1.54, 1.807) is 6.92 Å². The zero-order valence-electron chi connectivity index (χ0n) is 17.8. The third kappa shape index (κ3) is 4.42. The molecule has 1 fully saturated rings. The van der Waals surface area contributed by atoms with Crippen LogP contribution in [-0.2, 0) is 22.5 Å². The fraction of sp³-hybridized carbons (Fsp3) is 0.542. The van der Waals surface area contributed by atoms with Gasteiger partial charge in [0.05, 0.1) is 18.0 Å². The van der Waals surface area contributed by atoms with E-state index in [9.17, 15) is 9.59 Å². The number of hydrogen-bond acceptors (Lipinski definition) is 4. The summed E-state index contributed by atoms with van der Waals surface area (Å²) in [5.74, 6) is 0.465. The van der Waals surface area contributed by atoms with Crippen molar-refractivity contribution < 1.29 is 14.3 Å². The van der Waals surface area contributed by atoms with Gasteiger partial charge in [-0.3, -0.25) is 4.79 Å². The van der Waals surface area contributed by atoms with E-state index < -0.39 is 5.97 Å². The summed E-state index contributed by atoms with van der Waals surface area (Å²) in [7, 11) is 0. The van der Waals surface area contributed by atoms with E-state index in [-0.39, 0.29) is 5.91 Å². The monoisotopic (exact) mass is 409 g/mol. The third-order valence-corrected chi connectivity index (χ3v) is 6.37. The number of carbonyl (C=O) groups excluding carboxylic acids is 2. The molecule has 1 aliphatic heterocycles. The molecule has 1 saturated carbocycles. The standard InChI is InChI=1S/C24H31N3O3/c1-2-30-24(29)23-20-17-26(22(28)14-13-18-9-5-3-6-10-18)16-15-21(20)27(25-23)19-11-7-4-8-12-19/h4,7-8,11-12,18H,2-3,5-6,9-10,13-17H2,1H3. The summed E-state index contributed by atoms with van der Waals surface area (Å²) in [6.07, 6.45) is 8.72. The predicted octanol–water partition coefficient (Wildman–Crippen LogP) is 4.29. The Hall–Kier alpha value is -2.63. The van der Waals surface area contributed by atoms with Crippen molar-refractivity contribution >= 4 is 11.9 Å². The molecular weight excluding hydrogens is 378 g/mol. The first-order valence-corrected chi connectivity index (χ1v) is 11.3. The van der Waals surface area contributed by atoms with Crippen LogP contribution in [0.1, 0.15) is 73.6 Å². The summed E-state index contributed by atoms with van der Waals surface area (Å²) in [6.45, 7) is 3.19. The highest BCUT2D eigenvalue weighted by atomic mass is 16.5. The van der Waals surface area contributed by atoms with Crippen molar-refractivity contribution in [2.75, 3.05) is 13.2 Å². The number of rotatable bonds is 6. The second-order valence-corrected chi connectivity index (χ2v) is 8.35. The smallest absolute Gasteiger partial charge is 0.359 e. The van der Waals surface area contributed by atoms with E-state index in [4.69, 9.17) is 4.74 Å². The fourth-order valence-electron chi connectivity index (χ4n) is 4.74. The van der Waals surface area contributed by atoms with Crippen molar-refractivity contribution in [3.63, 3.8) is 0 Å². The Morgan fingerprint density at radius 3 is 2.63 bits per heavy atom. The van der Waals surface area contributed by atoms with Crippen molar-refractivity contribution in [2.24, 2.45) is 5.92 Å². The van der Waals surface area contributed by atoms with Crippen LogP contribution in [0, 0.1) is 5.92 Å². The molecule has 2 aliphatic rings. The van der Waals surface area contributed by atoms with Gasteiger partial charge in [0.1, 0.15) is 0 Å². The van der Waals surface area contributed by atoms with Crippen LogP contribution in [-0.4, -0.2) is 39.7 Å². The van der Waals surface area contributed by atoms with Crippen LogP contribution in [0.3, 0.4) is 0 Å². The number of fused-ring (bicyclic) bond motifs is 1. The lowest BCUT2D eigenvalue weighted by Gasteiger charge is -2.29. The SMILES string of the molecule is CCOC(=O)c1nn(-c2ccccc2)c2c1CN(C(=O)CCC1CCCCC1)CC2. The maximum Gasteiger partial charge on any atom is 0.359 e. The van der Waals surface area contributed by atoms with Crippen molar-refractivity contribution in [3.05, 3.63) is 47.3 Å². The molecule has 0 atom stereocenters. The molecule has 6 heteroatoms. The highest BCUT2D eigenvalue weighted by molar-refractivity contribution is 5.89. The van der Waals surface area contributed by atoms with Gasteiger partial charge in [-0.05, 0) is 31.4 Å². The van der Waals surface area contributed by atoms with Crippen molar-refractivity contribution in [2.45, 2.75) is 64.8 Å². The Balaban J connectivity index is 1.53. The quantitative estimate of drug-likeness (QED) is 0.668. The number of ether oxygens (including phenoxy) is 1. The van der Waals surface area contributed by atoms with Crippen LogP contribution < -0.4 is 0 Å². The van der Waals surface area contributed by atoms with Crippen LogP contribution in [0.2, 0.25) is 0 Å². The van der Waals surface area contributed by atoms with E-state index in [2.05, 4.69) is 5.10 Å². The number of amides is 1. The first-order valence-electron chi connectivity index (χ1n) is 11.3. The van der Waals surface area contributed by atoms with Gasteiger partial charge in [-0.1, -0.05) is 50.3 Å². The van der Waals surface area contributed by atoms with Gasteiger partial charge < -0.3 is 9.64 Å². The Labute approximate surface area is 178 Å². The molecule has 6 nitrogen and oxygen atoms in total. The van der Waals surface area contributed by atoms with E-state index >= 15 is 0 Å². The largest absolute Gasteiger partial charge is 0.461 e. The molecule has 1 aliphatic carbocycles. The van der Waals surface area contributed by atoms with Gasteiger partial charge in [-0.15, -0.1) is 0 Å². The normalized spacial score (nSPS) is 16.9. The average Bonchev–Trinajstić information content (AvgIpc) is 3.18. The molecule has 2 aromatic rings. The zero-order valence-corrected chi connectivity index (χ0v) is 17.8. The summed E-state index contributed by atoms with van der Waals surface area (Å²) in [5, 5.41) is 4.60. The van der Waals surface area contributed by atoms with Gasteiger partial charge >= 0.3 is 5.97 Å². The molecule has 160 valence electrons. The van der Waals surface area contributed by atoms with Crippen molar-refractivity contribution in [1.29, 1.82) is 0 Å². The highest BCUT2D eigenvalue weighted by Gasteiger charge is 2.31. The van der Waals surface area contributed by atoms with Crippen LogP contribution in [0.25, 0.3) is 5.69 Å². The Kier molecular flexibility index (Phi) is 6.50. The molecule has 0 bridgehead atoms. The summed E-state index contributed by atoms with van der Waals surface area (Å²) in [4.78, 5) is 27.4. The van der Waals surface area contributed by atoms with Gasteiger partial charge in [0.15, 0.2) is 5.69 Å². The second kappa shape index (κ2) is 9.45. The van der Waals surface area contributed by atoms with Crippen LogP contribution in [0.4, 0.5) is 0 Å². The molecule has 0 saturated heterocycles.